The lowest BCUT2D eigenvalue weighted by Crippen LogP contribution is -2.33. The van der Waals surface area contributed by atoms with Crippen LogP contribution in [0.1, 0.15) is 18.8 Å². The Morgan fingerprint density at radius 3 is 2.88 bits per heavy atom. The summed E-state index contributed by atoms with van der Waals surface area (Å²) in [6, 6.07) is 7.72. The summed E-state index contributed by atoms with van der Waals surface area (Å²) in [5.41, 5.74) is 7.25. The van der Waals surface area contributed by atoms with Crippen LogP contribution in [0.3, 0.4) is 0 Å². The molecule has 0 aliphatic heterocycles. The van der Waals surface area contributed by atoms with Crippen LogP contribution in [0.5, 0.6) is 0 Å². The van der Waals surface area contributed by atoms with Gasteiger partial charge in [-0.2, -0.15) is 0 Å². The van der Waals surface area contributed by atoms with E-state index in [1.807, 2.05) is 42.8 Å². The molecule has 3 N–H and O–H groups in total. The van der Waals surface area contributed by atoms with E-state index < -0.39 is 0 Å². The summed E-state index contributed by atoms with van der Waals surface area (Å²) in [5.74, 6) is 0.651. The number of rotatable bonds is 3. The number of carbonyl (C=O) groups excluding carboxylic acids is 1. The fourth-order valence-corrected chi connectivity index (χ4v) is 1.92. The molecule has 1 amide bonds. The minimum Gasteiger partial charge on any atom is -0.345 e. The number of nitrogens with one attached hydrogen (secondary N) is 1. The van der Waals surface area contributed by atoms with Gasteiger partial charge in [0.05, 0.1) is 23.6 Å². The van der Waals surface area contributed by atoms with Crippen LogP contribution in [0.15, 0.2) is 24.3 Å². The molecule has 0 fully saturated rings. The van der Waals surface area contributed by atoms with Crippen LogP contribution in [-0.4, -0.2) is 22.0 Å². The molecule has 0 saturated carbocycles. The average molecular weight is 232 g/mol. The van der Waals surface area contributed by atoms with E-state index in [0.717, 1.165) is 16.9 Å². The van der Waals surface area contributed by atoms with Crippen molar-refractivity contribution < 1.29 is 4.79 Å². The highest BCUT2D eigenvalue weighted by atomic mass is 16.1. The van der Waals surface area contributed by atoms with Crippen molar-refractivity contribution in [3.05, 3.63) is 30.1 Å². The second-order valence-electron chi connectivity index (χ2n) is 4.01. The lowest BCUT2D eigenvalue weighted by Gasteiger charge is -2.12. The number of aryl methyl sites for hydroxylation is 1. The van der Waals surface area contributed by atoms with E-state index in [9.17, 15) is 4.79 Å². The number of benzene rings is 1. The van der Waals surface area contributed by atoms with E-state index in [-0.39, 0.29) is 18.5 Å². The Kier molecular flexibility index (Phi) is 3.10. The van der Waals surface area contributed by atoms with Crippen molar-refractivity contribution in [2.75, 3.05) is 6.54 Å². The van der Waals surface area contributed by atoms with Gasteiger partial charge in [-0.25, -0.2) is 4.98 Å². The number of nitrogens with two attached hydrogens (primary N) is 1. The number of amides is 1. The third kappa shape index (κ3) is 2.14. The lowest BCUT2D eigenvalue weighted by atomic mass is 10.3. The molecule has 1 heterocycles. The molecule has 90 valence electrons. The first-order valence-electron chi connectivity index (χ1n) is 5.54. The predicted molar refractivity (Wildman–Crippen MR) is 66.3 cm³/mol. The third-order valence-corrected chi connectivity index (χ3v) is 2.77. The molecule has 5 nitrogen and oxygen atoms in total. The standard InChI is InChI=1S/C12H16N4O/c1-8(14-11(17)7-13)12-15-9-5-3-4-6-10(9)16(12)2/h3-6,8H,7,13H2,1-2H3,(H,14,17). The van der Waals surface area contributed by atoms with Crippen molar-refractivity contribution >= 4 is 16.9 Å². The van der Waals surface area contributed by atoms with Gasteiger partial charge in [0, 0.05) is 7.05 Å². The molecule has 0 radical (unpaired) electrons. The van der Waals surface area contributed by atoms with Crippen LogP contribution in [0.4, 0.5) is 0 Å². The van der Waals surface area contributed by atoms with Crippen LogP contribution >= 0.6 is 0 Å². The molecule has 0 aliphatic carbocycles. The topological polar surface area (TPSA) is 72.9 Å². The number of aromatic nitrogens is 2. The van der Waals surface area contributed by atoms with Gasteiger partial charge in [0.1, 0.15) is 5.82 Å². The van der Waals surface area contributed by atoms with Gasteiger partial charge in [-0.3, -0.25) is 4.79 Å². The first kappa shape index (κ1) is 11.6. The zero-order valence-corrected chi connectivity index (χ0v) is 9.97. The Morgan fingerprint density at radius 1 is 1.53 bits per heavy atom. The summed E-state index contributed by atoms with van der Waals surface area (Å²) in [6.07, 6.45) is 0. The van der Waals surface area contributed by atoms with Gasteiger partial charge >= 0.3 is 0 Å². The van der Waals surface area contributed by atoms with Crippen molar-refractivity contribution in [3.63, 3.8) is 0 Å². The molecule has 1 unspecified atom stereocenters. The van der Waals surface area contributed by atoms with Crippen LogP contribution in [0.25, 0.3) is 11.0 Å². The molecule has 2 rings (SSSR count). The molecule has 1 atom stereocenters. The van der Waals surface area contributed by atoms with Crippen LogP contribution < -0.4 is 11.1 Å². The molecular weight excluding hydrogens is 216 g/mol. The number of fused-ring (bicyclic) bond motifs is 1. The zero-order valence-electron chi connectivity index (χ0n) is 9.97. The summed E-state index contributed by atoms with van der Waals surface area (Å²) >= 11 is 0. The molecule has 0 aliphatic rings. The minimum absolute atomic E-state index is 0.00567. The van der Waals surface area contributed by atoms with Gasteiger partial charge in [0.2, 0.25) is 5.91 Å². The summed E-state index contributed by atoms with van der Waals surface area (Å²) < 4.78 is 1.98. The van der Waals surface area contributed by atoms with E-state index in [4.69, 9.17) is 5.73 Å². The maximum atomic E-state index is 11.2. The SMILES string of the molecule is CC(NC(=O)CN)c1nc2ccccc2n1C. The lowest BCUT2D eigenvalue weighted by molar-refractivity contribution is -0.120. The molecule has 0 bridgehead atoms. The summed E-state index contributed by atoms with van der Waals surface area (Å²) in [7, 11) is 1.94. The smallest absolute Gasteiger partial charge is 0.234 e. The summed E-state index contributed by atoms with van der Waals surface area (Å²) in [6.45, 7) is 1.89. The van der Waals surface area contributed by atoms with E-state index in [1.165, 1.54) is 0 Å². The Morgan fingerprint density at radius 2 is 2.24 bits per heavy atom. The highest BCUT2D eigenvalue weighted by Crippen LogP contribution is 2.18. The van der Waals surface area contributed by atoms with Gasteiger partial charge in [-0.05, 0) is 19.1 Å². The second kappa shape index (κ2) is 4.55. The van der Waals surface area contributed by atoms with Crippen molar-refractivity contribution in [1.82, 2.24) is 14.9 Å². The molecule has 1 aromatic carbocycles. The zero-order chi connectivity index (χ0) is 12.4. The summed E-state index contributed by atoms with van der Waals surface area (Å²) in [4.78, 5) is 15.8. The Bertz CT molecular complexity index is 546. The van der Waals surface area contributed by atoms with Gasteiger partial charge in [-0.1, -0.05) is 12.1 Å². The number of nitrogens with zero attached hydrogens (tertiary/aromatic N) is 2. The molecule has 1 aromatic heterocycles. The quantitative estimate of drug-likeness (QED) is 0.818. The maximum absolute atomic E-state index is 11.2. The molecular formula is C12H16N4O. The van der Waals surface area contributed by atoms with Crippen LogP contribution in [0.2, 0.25) is 0 Å². The maximum Gasteiger partial charge on any atom is 0.234 e. The number of imidazole rings is 1. The highest BCUT2D eigenvalue weighted by Gasteiger charge is 2.15. The third-order valence-electron chi connectivity index (χ3n) is 2.77. The van der Waals surface area contributed by atoms with Crippen LogP contribution in [-0.2, 0) is 11.8 Å². The first-order valence-corrected chi connectivity index (χ1v) is 5.54. The van der Waals surface area contributed by atoms with Crippen molar-refractivity contribution in [3.8, 4) is 0 Å². The van der Waals surface area contributed by atoms with E-state index in [0.29, 0.717) is 0 Å². The molecule has 5 heteroatoms. The Labute approximate surface area is 99.6 Å². The number of hydrogen-bond acceptors (Lipinski definition) is 3. The molecule has 0 spiro atoms. The van der Waals surface area contributed by atoms with Crippen molar-refractivity contribution in [2.24, 2.45) is 12.8 Å². The number of carbonyl (C=O) groups is 1. The van der Waals surface area contributed by atoms with Gasteiger partial charge in [0.25, 0.3) is 0 Å². The molecule has 0 saturated heterocycles. The van der Waals surface area contributed by atoms with Gasteiger partial charge < -0.3 is 15.6 Å². The second-order valence-corrected chi connectivity index (χ2v) is 4.01. The average Bonchev–Trinajstić information content (AvgIpc) is 2.67. The monoisotopic (exact) mass is 232 g/mol. The summed E-state index contributed by atoms with van der Waals surface area (Å²) in [5, 5.41) is 2.80. The van der Waals surface area contributed by atoms with Crippen molar-refractivity contribution in [1.29, 1.82) is 0 Å². The van der Waals surface area contributed by atoms with Gasteiger partial charge in [0.15, 0.2) is 0 Å². The first-order chi connectivity index (χ1) is 8.13. The number of hydrogen-bond donors (Lipinski definition) is 2. The Hall–Kier alpha value is -1.88. The van der Waals surface area contributed by atoms with E-state index in [2.05, 4.69) is 10.3 Å². The van der Waals surface area contributed by atoms with E-state index in [1.54, 1.807) is 0 Å². The highest BCUT2D eigenvalue weighted by molar-refractivity contribution is 5.79. The van der Waals surface area contributed by atoms with Gasteiger partial charge in [-0.15, -0.1) is 0 Å². The fourth-order valence-electron chi connectivity index (χ4n) is 1.92. The Balaban J connectivity index is 2.35. The van der Waals surface area contributed by atoms with E-state index >= 15 is 0 Å². The molecule has 2 aromatic rings. The van der Waals surface area contributed by atoms with Crippen LogP contribution in [0, 0.1) is 0 Å². The normalized spacial score (nSPS) is 12.6. The number of para-hydroxylation sites is 2. The fraction of sp³-hybridized carbons (Fsp3) is 0.333. The van der Waals surface area contributed by atoms with Crippen molar-refractivity contribution in [2.45, 2.75) is 13.0 Å². The minimum atomic E-state index is -0.176. The molecule has 17 heavy (non-hydrogen) atoms. The largest absolute Gasteiger partial charge is 0.345 e. The predicted octanol–water partition coefficient (Wildman–Crippen LogP) is 0.709.